The number of hydrogen-bond acceptors (Lipinski definition) is 7. The van der Waals surface area contributed by atoms with E-state index in [0.29, 0.717) is 18.6 Å². The summed E-state index contributed by atoms with van der Waals surface area (Å²) in [4.78, 5) is 0.119. The number of rotatable bonds is 3. The van der Waals surface area contributed by atoms with Gasteiger partial charge in [0, 0.05) is 25.2 Å². The lowest BCUT2D eigenvalue weighted by molar-refractivity contribution is 0.307. The maximum atomic E-state index is 13.3. The molecule has 1 atom stereocenters. The summed E-state index contributed by atoms with van der Waals surface area (Å²) < 4.78 is 34.6. The Labute approximate surface area is 154 Å². The third-order valence-electron chi connectivity index (χ3n) is 4.96. The van der Waals surface area contributed by atoms with Crippen molar-refractivity contribution < 1.29 is 13.0 Å². The van der Waals surface area contributed by atoms with Gasteiger partial charge >= 0.3 is 0 Å². The van der Waals surface area contributed by atoms with E-state index in [9.17, 15) is 8.42 Å². The number of benzene rings is 1. The topological polar surface area (TPSA) is 106 Å². The second-order valence-electron chi connectivity index (χ2n) is 6.58. The quantitative estimate of drug-likeness (QED) is 0.530. The van der Waals surface area contributed by atoms with Crippen molar-refractivity contribution in [1.29, 1.82) is 0 Å². The van der Waals surface area contributed by atoms with E-state index >= 15 is 0 Å². The smallest absolute Gasteiger partial charge is 0.245 e. The van der Waals surface area contributed by atoms with E-state index in [1.807, 2.05) is 28.8 Å². The molecule has 9 nitrogen and oxygen atoms in total. The molecule has 4 aromatic rings. The minimum Gasteiger partial charge on any atom is -0.286 e. The summed E-state index contributed by atoms with van der Waals surface area (Å²) in [6, 6.07) is 10.6. The third-order valence-corrected chi connectivity index (χ3v) is 6.85. The van der Waals surface area contributed by atoms with Crippen LogP contribution in [0.1, 0.15) is 24.6 Å². The Kier molecular flexibility index (Phi) is 3.69. The van der Waals surface area contributed by atoms with Crippen molar-refractivity contribution in [2.75, 3.05) is 13.1 Å². The molecule has 1 unspecified atom stereocenters. The number of sulfonamides is 1. The van der Waals surface area contributed by atoms with Gasteiger partial charge in [0.1, 0.15) is 16.2 Å². The molecular formula is C17H16N6O3S. The standard InChI is InChI=1S/C17H16N6O3S/c24-27(25,14-7-3-6-13-16(14)21-26-20-13)22-9-4-5-12(11-22)17-19-18-15-8-1-2-10-23(15)17/h1-3,6-8,10,12H,4-5,9,11H2. The fraction of sp³-hybridized carbons (Fsp3) is 0.294. The zero-order chi connectivity index (χ0) is 18.4. The maximum Gasteiger partial charge on any atom is 0.245 e. The van der Waals surface area contributed by atoms with Gasteiger partial charge in [-0.3, -0.25) is 4.40 Å². The number of piperidine rings is 1. The Hall–Kier alpha value is -2.85. The normalized spacial score (nSPS) is 19.0. The third kappa shape index (κ3) is 2.60. The number of aromatic nitrogens is 5. The lowest BCUT2D eigenvalue weighted by atomic mass is 9.99. The van der Waals surface area contributed by atoms with Crippen LogP contribution in [-0.4, -0.2) is 50.7 Å². The highest BCUT2D eigenvalue weighted by molar-refractivity contribution is 7.89. The highest BCUT2D eigenvalue weighted by Gasteiger charge is 2.34. The Morgan fingerprint density at radius 2 is 2.00 bits per heavy atom. The summed E-state index contributed by atoms with van der Waals surface area (Å²) in [5.41, 5.74) is 1.44. The SMILES string of the molecule is O=S(=O)(c1cccc2nonc12)N1CCCC(c2nnc3ccccn23)C1. The van der Waals surface area contributed by atoms with Crippen molar-refractivity contribution >= 4 is 26.7 Å². The van der Waals surface area contributed by atoms with Crippen LogP contribution >= 0.6 is 0 Å². The minimum atomic E-state index is -3.72. The fourth-order valence-electron chi connectivity index (χ4n) is 3.64. The molecule has 0 bridgehead atoms. The van der Waals surface area contributed by atoms with Crippen molar-refractivity contribution in [1.82, 2.24) is 29.2 Å². The van der Waals surface area contributed by atoms with E-state index in [4.69, 9.17) is 4.63 Å². The molecule has 3 aromatic heterocycles. The van der Waals surface area contributed by atoms with Crippen LogP contribution in [0.15, 0.2) is 52.1 Å². The molecule has 0 saturated carbocycles. The first-order chi connectivity index (χ1) is 13.1. The first-order valence-corrected chi connectivity index (χ1v) is 10.1. The van der Waals surface area contributed by atoms with Crippen molar-refractivity contribution in [3.8, 4) is 0 Å². The molecule has 1 fully saturated rings. The van der Waals surface area contributed by atoms with E-state index in [0.717, 1.165) is 24.3 Å². The predicted molar refractivity (Wildman–Crippen MR) is 95.5 cm³/mol. The van der Waals surface area contributed by atoms with Gasteiger partial charge in [-0.05, 0) is 47.4 Å². The first-order valence-electron chi connectivity index (χ1n) is 8.66. The lowest BCUT2D eigenvalue weighted by Gasteiger charge is -2.31. The number of fused-ring (bicyclic) bond motifs is 2. The molecule has 0 spiro atoms. The molecule has 10 heteroatoms. The van der Waals surface area contributed by atoms with Crippen LogP contribution in [-0.2, 0) is 10.0 Å². The molecule has 1 aromatic carbocycles. The fourth-order valence-corrected chi connectivity index (χ4v) is 5.30. The van der Waals surface area contributed by atoms with Gasteiger partial charge in [-0.2, -0.15) is 4.31 Å². The van der Waals surface area contributed by atoms with Crippen LogP contribution in [0, 0.1) is 0 Å². The van der Waals surface area contributed by atoms with Gasteiger partial charge in [0.15, 0.2) is 11.2 Å². The van der Waals surface area contributed by atoms with Gasteiger partial charge in [-0.1, -0.05) is 12.1 Å². The van der Waals surface area contributed by atoms with Gasteiger partial charge in [0.2, 0.25) is 10.0 Å². The van der Waals surface area contributed by atoms with Gasteiger partial charge in [0.05, 0.1) is 0 Å². The second kappa shape index (κ2) is 6.10. The van der Waals surface area contributed by atoms with E-state index in [1.54, 1.807) is 12.1 Å². The van der Waals surface area contributed by atoms with Crippen LogP contribution in [0.25, 0.3) is 16.7 Å². The Morgan fingerprint density at radius 3 is 2.93 bits per heavy atom. The predicted octanol–water partition coefficient (Wildman–Crippen LogP) is 1.83. The summed E-state index contributed by atoms with van der Waals surface area (Å²) >= 11 is 0. The average Bonchev–Trinajstić information content (AvgIpc) is 3.34. The second-order valence-corrected chi connectivity index (χ2v) is 8.48. The summed E-state index contributed by atoms with van der Waals surface area (Å²) in [6.45, 7) is 0.803. The van der Waals surface area contributed by atoms with Crippen LogP contribution in [0.4, 0.5) is 0 Å². The Balaban J connectivity index is 1.51. The summed E-state index contributed by atoms with van der Waals surface area (Å²) in [6.07, 6.45) is 3.51. The van der Waals surface area contributed by atoms with Crippen LogP contribution in [0.3, 0.4) is 0 Å². The van der Waals surface area contributed by atoms with Gasteiger partial charge in [-0.25, -0.2) is 13.0 Å². The first kappa shape index (κ1) is 16.3. The van der Waals surface area contributed by atoms with Crippen molar-refractivity contribution in [3.05, 3.63) is 48.4 Å². The molecule has 0 amide bonds. The number of hydrogen-bond donors (Lipinski definition) is 0. The van der Waals surface area contributed by atoms with Crippen LogP contribution < -0.4 is 0 Å². The molecule has 0 aliphatic carbocycles. The van der Waals surface area contributed by atoms with Gasteiger partial charge in [0.25, 0.3) is 0 Å². The Bertz CT molecular complexity index is 1230. The molecular weight excluding hydrogens is 368 g/mol. The largest absolute Gasteiger partial charge is 0.286 e. The van der Waals surface area contributed by atoms with Gasteiger partial charge in [-0.15, -0.1) is 10.2 Å². The maximum absolute atomic E-state index is 13.3. The highest BCUT2D eigenvalue weighted by Crippen LogP contribution is 2.31. The molecule has 27 heavy (non-hydrogen) atoms. The summed E-state index contributed by atoms with van der Waals surface area (Å²) in [7, 11) is -3.72. The van der Waals surface area contributed by atoms with E-state index in [-0.39, 0.29) is 16.3 Å². The zero-order valence-electron chi connectivity index (χ0n) is 14.3. The van der Waals surface area contributed by atoms with E-state index < -0.39 is 10.0 Å². The monoisotopic (exact) mass is 384 g/mol. The summed E-state index contributed by atoms with van der Waals surface area (Å²) in [5, 5.41) is 16.0. The zero-order valence-corrected chi connectivity index (χ0v) is 15.1. The molecule has 1 aliphatic heterocycles. The molecule has 1 saturated heterocycles. The lowest BCUT2D eigenvalue weighted by Crippen LogP contribution is -2.39. The molecule has 0 N–H and O–H groups in total. The van der Waals surface area contributed by atoms with Gasteiger partial charge < -0.3 is 0 Å². The van der Waals surface area contributed by atoms with Crippen LogP contribution in [0.5, 0.6) is 0 Å². The molecule has 5 rings (SSSR count). The summed E-state index contributed by atoms with van der Waals surface area (Å²) in [5.74, 6) is 0.757. The van der Waals surface area contributed by atoms with E-state index in [1.165, 1.54) is 10.4 Å². The van der Waals surface area contributed by atoms with Crippen molar-refractivity contribution in [2.45, 2.75) is 23.7 Å². The van der Waals surface area contributed by atoms with Crippen LogP contribution in [0.2, 0.25) is 0 Å². The molecule has 1 aliphatic rings. The highest BCUT2D eigenvalue weighted by atomic mass is 32.2. The van der Waals surface area contributed by atoms with Crippen molar-refractivity contribution in [2.24, 2.45) is 0 Å². The number of nitrogens with zero attached hydrogens (tertiary/aromatic N) is 6. The Morgan fingerprint density at radius 1 is 1.07 bits per heavy atom. The molecule has 4 heterocycles. The minimum absolute atomic E-state index is 0.0273. The number of pyridine rings is 1. The van der Waals surface area contributed by atoms with E-state index in [2.05, 4.69) is 20.5 Å². The molecule has 0 radical (unpaired) electrons. The average molecular weight is 384 g/mol. The molecule has 138 valence electrons. The van der Waals surface area contributed by atoms with Crippen molar-refractivity contribution in [3.63, 3.8) is 0 Å².